The van der Waals surface area contributed by atoms with Gasteiger partial charge in [0.15, 0.2) is 6.61 Å². The fourth-order valence-corrected chi connectivity index (χ4v) is 2.84. The molecule has 23 heavy (non-hydrogen) atoms. The SMILES string of the molecule is Cc1cc(Cl)ccc1OCC(=O)Nc1ccnn1C(C)C1CC1. The Morgan fingerprint density at radius 2 is 2.26 bits per heavy atom. The molecule has 3 rings (SSSR count). The summed E-state index contributed by atoms with van der Waals surface area (Å²) in [6.45, 7) is 3.98. The maximum absolute atomic E-state index is 12.1. The van der Waals surface area contributed by atoms with Gasteiger partial charge in [-0.15, -0.1) is 0 Å². The minimum atomic E-state index is -0.205. The van der Waals surface area contributed by atoms with Crippen LogP contribution in [0.1, 0.15) is 31.4 Å². The molecule has 1 aromatic carbocycles. The highest BCUT2D eigenvalue weighted by Gasteiger charge is 2.30. The Bertz CT molecular complexity index is 710. The molecule has 2 aromatic rings. The first kappa shape index (κ1) is 15.9. The highest BCUT2D eigenvalue weighted by Crippen LogP contribution is 2.40. The Balaban J connectivity index is 1.58. The van der Waals surface area contributed by atoms with Crippen molar-refractivity contribution in [1.82, 2.24) is 9.78 Å². The molecule has 0 radical (unpaired) electrons. The molecule has 5 nitrogen and oxygen atoms in total. The summed E-state index contributed by atoms with van der Waals surface area (Å²) >= 11 is 5.91. The zero-order valence-electron chi connectivity index (χ0n) is 13.3. The molecule has 1 heterocycles. The number of ether oxygens (including phenoxy) is 1. The lowest BCUT2D eigenvalue weighted by molar-refractivity contribution is -0.118. The number of anilines is 1. The van der Waals surface area contributed by atoms with E-state index in [4.69, 9.17) is 16.3 Å². The quantitative estimate of drug-likeness (QED) is 0.874. The van der Waals surface area contributed by atoms with Crippen molar-refractivity contribution in [3.05, 3.63) is 41.0 Å². The number of nitrogens with one attached hydrogen (secondary N) is 1. The van der Waals surface area contributed by atoms with Crippen LogP contribution >= 0.6 is 11.6 Å². The lowest BCUT2D eigenvalue weighted by Gasteiger charge is -2.15. The zero-order valence-corrected chi connectivity index (χ0v) is 14.0. The predicted octanol–water partition coefficient (Wildman–Crippen LogP) is 3.83. The third kappa shape index (κ3) is 3.85. The Hall–Kier alpha value is -2.01. The highest BCUT2D eigenvalue weighted by molar-refractivity contribution is 6.30. The summed E-state index contributed by atoms with van der Waals surface area (Å²) < 4.78 is 7.44. The van der Waals surface area contributed by atoms with Crippen molar-refractivity contribution < 1.29 is 9.53 Å². The van der Waals surface area contributed by atoms with Gasteiger partial charge >= 0.3 is 0 Å². The predicted molar refractivity (Wildman–Crippen MR) is 90.0 cm³/mol. The maximum atomic E-state index is 12.1. The van der Waals surface area contributed by atoms with Crippen LogP contribution in [0.25, 0.3) is 0 Å². The highest BCUT2D eigenvalue weighted by atomic mass is 35.5. The van der Waals surface area contributed by atoms with Crippen LogP contribution in [0.2, 0.25) is 5.02 Å². The normalized spacial score (nSPS) is 15.3. The van der Waals surface area contributed by atoms with Gasteiger partial charge in [-0.2, -0.15) is 5.10 Å². The first-order chi connectivity index (χ1) is 11.0. The first-order valence-electron chi connectivity index (χ1n) is 7.77. The number of carbonyl (C=O) groups is 1. The van der Waals surface area contributed by atoms with Crippen LogP contribution < -0.4 is 10.1 Å². The van der Waals surface area contributed by atoms with Gasteiger partial charge in [0, 0.05) is 11.1 Å². The average Bonchev–Trinajstić information content (AvgIpc) is 3.26. The molecule has 0 bridgehead atoms. The van der Waals surface area contributed by atoms with E-state index in [1.165, 1.54) is 12.8 Å². The van der Waals surface area contributed by atoms with Crippen molar-refractivity contribution in [2.45, 2.75) is 32.7 Å². The van der Waals surface area contributed by atoms with Gasteiger partial charge < -0.3 is 10.1 Å². The summed E-state index contributed by atoms with van der Waals surface area (Å²) in [6.07, 6.45) is 4.17. The van der Waals surface area contributed by atoms with Crippen LogP contribution in [0.4, 0.5) is 5.82 Å². The molecule has 6 heteroatoms. The van der Waals surface area contributed by atoms with Crippen LogP contribution in [0, 0.1) is 12.8 Å². The number of amides is 1. The molecule has 1 aromatic heterocycles. The van der Waals surface area contributed by atoms with Gasteiger partial charge in [-0.3, -0.25) is 4.79 Å². The molecule has 1 atom stereocenters. The first-order valence-corrected chi connectivity index (χ1v) is 8.14. The standard InChI is InChI=1S/C17H20ClN3O2/c1-11-9-14(18)5-6-15(11)23-10-17(22)20-16-7-8-19-21(16)12(2)13-3-4-13/h5-9,12-13H,3-4,10H2,1-2H3,(H,20,22). The Morgan fingerprint density at radius 1 is 1.48 bits per heavy atom. The van der Waals surface area contributed by atoms with E-state index >= 15 is 0 Å². The molecular formula is C17H20ClN3O2. The molecule has 1 aliphatic rings. The van der Waals surface area contributed by atoms with E-state index in [2.05, 4.69) is 17.3 Å². The second-order valence-electron chi connectivity index (χ2n) is 5.99. The fraction of sp³-hybridized carbons (Fsp3) is 0.412. The third-order valence-corrected chi connectivity index (χ3v) is 4.36. The van der Waals surface area contributed by atoms with Crippen molar-refractivity contribution >= 4 is 23.3 Å². The van der Waals surface area contributed by atoms with E-state index in [1.807, 2.05) is 17.7 Å². The Kier molecular flexibility index (Phi) is 4.57. The van der Waals surface area contributed by atoms with Crippen molar-refractivity contribution in [3.63, 3.8) is 0 Å². The molecule has 0 saturated heterocycles. The molecule has 1 N–H and O–H groups in total. The molecule has 1 saturated carbocycles. The van der Waals surface area contributed by atoms with Gasteiger partial charge in [0.2, 0.25) is 0 Å². The lowest BCUT2D eigenvalue weighted by Crippen LogP contribution is -2.23. The molecule has 1 aliphatic carbocycles. The van der Waals surface area contributed by atoms with E-state index in [0.29, 0.717) is 28.5 Å². The van der Waals surface area contributed by atoms with Gasteiger partial charge in [-0.25, -0.2) is 4.68 Å². The number of benzene rings is 1. The monoisotopic (exact) mass is 333 g/mol. The van der Waals surface area contributed by atoms with E-state index < -0.39 is 0 Å². The van der Waals surface area contributed by atoms with Gasteiger partial charge in [0.25, 0.3) is 5.91 Å². The fourth-order valence-electron chi connectivity index (χ4n) is 2.61. The topological polar surface area (TPSA) is 56.1 Å². The summed E-state index contributed by atoms with van der Waals surface area (Å²) in [6, 6.07) is 7.43. The molecule has 1 amide bonds. The van der Waals surface area contributed by atoms with E-state index in [1.54, 1.807) is 24.4 Å². The third-order valence-electron chi connectivity index (χ3n) is 4.12. The van der Waals surface area contributed by atoms with Crippen molar-refractivity contribution in [2.24, 2.45) is 5.92 Å². The lowest BCUT2D eigenvalue weighted by atomic mass is 10.2. The number of hydrogen-bond donors (Lipinski definition) is 1. The van der Waals surface area contributed by atoms with Crippen LogP contribution in [0.15, 0.2) is 30.5 Å². The van der Waals surface area contributed by atoms with Crippen molar-refractivity contribution in [3.8, 4) is 5.75 Å². The number of halogens is 1. The zero-order chi connectivity index (χ0) is 16.4. The van der Waals surface area contributed by atoms with E-state index in [-0.39, 0.29) is 12.5 Å². The molecule has 1 fully saturated rings. The number of aryl methyl sites for hydroxylation is 1. The summed E-state index contributed by atoms with van der Waals surface area (Å²) in [5.41, 5.74) is 0.901. The summed E-state index contributed by atoms with van der Waals surface area (Å²) in [7, 11) is 0. The molecule has 0 aliphatic heterocycles. The Labute approximate surface area is 140 Å². The van der Waals surface area contributed by atoms with Crippen molar-refractivity contribution in [1.29, 1.82) is 0 Å². The van der Waals surface area contributed by atoms with Gasteiger partial charge in [0.05, 0.1) is 12.2 Å². The number of hydrogen-bond acceptors (Lipinski definition) is 3. The maximum Gasteiger partial charge on any atom is 0.263 e. The number of aromatic nitrogens is 2. The number of rotatable bonds is 6. The summed E-state index contributed by atoms with van der Waals surface area (Å²) in [5.74, 6) is 1.83. The average molecular weight is 334 g/mol. The van der Waals surface area contributed by atoms with Crippen LogP contribution in [0.3, 0.4) is 0 Å². The number of nitrogens with zero attached hydrogens (tertiary/aromatic N) is 2. The molecule has 1 unspecified atom stereocenters. The van der Waals surface area contributed by atoms with Crippen molar-refractivity contribution in [2.75, 3.05) is 11.9 Å². The van der Waals surface area contributed by atoms with E-state index in [0.717, 1.165) is 5.56 Å². The Morgan fingerprint density at radius 3 is 2.96 bits per heavy atom. The number of carbonyl (C=O) groups excluding carboxylic acids is 1. The van der Waals surface area contributed by atoms with Crippen LogP contribution in [-0.4, -0.2) is 22.3 Å². The summed E-state index contributed by atoms with van der Waals surface area (Å²) in [5, 5.41) is 7.83. The minimum Gasteiger partial charge on any atom is -0.483 e. The molecular weight excluding hydrogens is 314 g/mol. The second kappa shape index (κ2) is 6.62. The van der Waals surface area contributed by atoms with Gasteiger partial charge in [0.1, 0.15) is 11.6 Å². The smallest absolute Gasteiger partial charge is 0.263 e. The second-order valence-corrected chi connectivity index (χ2v) is 6.42. The largest absolute Gasteiger partial charge is 0.483 e. The molecule has 0 spiro atoms. The van der Waals surface area contributed by atoms with Crippen LogP contribution in [0.5, 0.6) is 5.75 Å². The van der Waals surface area contributed by atoms with E-state index in [9.17, 15) is 4.79 Å². The van der Waals surface area contributed by atoms with Gasteiger partial charge in [-0.05, 0) is 56.4 Å². The minimum absolute atomic E-state index is 0.0501. The summed E-state index contributed by atoms with van der Waals surface area (Å²) in [4.78, 5) is 12.1. The molecule has 122 valence electrons. The van der Waals surface area contributed by atoms with Gasteiger partial charge in [-0.1, -0.05) is 11.6 Å². The van der Waals surface area contributed by atoms with Crippen LogP contribution in [-0.2, 0) is 4.79 Å².